The van der Waals surface area contributed by atoms with E-state index >= 15 is 0 Å². The molecular formula is C13H29N3S2. The monoisotopic (exact) mass is 291 g/mol. The molecule has 2 N–H and O–H groups in total. The molecule has 0 aromatic heterocycles. The number of guanidine groups is 1. The summed E-state index contributed by atoms with van der Waals surface area (Å²) in [4.78, 5) is 4.64. The van der Waals surface area contributed by atoms with Crippen LogP contribution < -0.4 is 10.6 Å². The predicted molar refractivity (Wildman–Crippen MR) is 89.2 cm³/mol. The Labute approximate surface area is 121 Å². The van der Waals surface area contributed by atoms with Crippen molar-refractivity contribution >= 4 is 29.5 Å². The lowest BCUT2D eigenvalue weighted by Gasteiger charge is -2.20. The highest BCUT2D eigenvalue weighted by molar-refractivity contribution is 8.00. The molecule has 0 aliphatic heterocycles. The average Bonchev–Trinajstić information content (AvgIpc) is 2.35. The number of hydrogen-bond donors (Lipinski definition) is 2. The summed E-state index contributed by atoms with van der Waals surface area (Å²) in [6.45, 7) is 9.31. The van der Waals surface area contributed by atoms with Gasteiger partial charge in [-0.1, -0.05) is 0 Å². The van der Waals surface area contributed by atoms with Crippen LogP contribution in [0.4, 0.5) is 0 Å². The van der Waals surface area contributed by atoms with Gasteiger partial charge in [-0.2, -0.15) is 23.5 Å². The second kappa shape index (κ2) is 10.9. The highest BCUT2D eigenvalue weighted by Gasteiger charge is 2.15. The molecule has 0 rings (SSSR count). The van der Waals surface area contributed by atoms with E-state index in [4.69, 9.17) is 0 Å². The lowest BCUT2D eigenvalue weighted by molar-refractivity contribution is 0.699. The molecule has 0 atom stereocenters. The van der Waals surface area contributed by atoms with E-state index in [-0.39, 0.29) is 4.75 Å². The number of nitrogens with zero attached hydrogens (tertiary/aromatic N) is 1. The van der Waals surface area contributed by atoms with Crippen molar-refractivity contribution in [2.24, 2.45) is 4.99 Å². The van der Waals surface area contributed by atoms with Crippen molar-refractivity contribution in [2.75, 3.05) is 37.9 Å². The van der Waals surface area contributed by atoms with Crippen molar-refractivity contribution in [3.63, 3.8) is 0 Å². The average molecular weight is 292 g/mol. The van der Waals surface area contributed by atoms with Gasteiger partial charge in [0.1, 0.15) is 0 Å². The Kier molecular flexibility index (Phi) is 10.8. The van der Waals surface area contributed by atoms with E-state index < -0.39 is 0 Å². The van der Waals surface area contributed by atoms with E-state index in [9.17, 15) is 0 Å². The number of hydrogen-bond acceptors (Lipinski definition) is 3. The third-order valence-electron chi connectivity index (χ3n) is 2.58. The van der Waals surface area contributed by atoms with Gasteiger partial charge in [-0.3, -0.25) is 4.99 Å². The van der Waals surface area contributed by atoms with Crippen molar-refractivity contribution < 1.29 is 0 Å². The number of unbranched alkanes of at least 4 members (excludes halogenated alkanes) is 1. The second-order valence-corrected chi connectivity index (χ2v) is 7.28. The summed E-state index contributed by atoms with van der Waals surface area (Å²) in [5, 5.41) is 6.69. The first-order valence-electron chi connectivity index (χ1n) is 6.62. The van der Waals surface area contributed by atoms with Gasteiger partial charge >= 0.3 is 0 Å². The Morgan fingerprint density at radius 1 is 1.17 bits per heavy atom. The first-order valence-corrected chi connectivity index (χ1v) is 9.24. The second-order valence-electron chi connectivity index (χ2n) is 4.79. The molecule has 0 amide bonds. The van der Waals surface area contributed by atoms with Crippen LogP contribution in [0.1, 0.15) is 33.6 Å². The van der Waals surface area contributed by atoms with E-state index in [1.54, 1.807) is 0 Å². The Morgan fingerprint density at radius 2 is 1.89 bits per heavy atom. The van der Waals surface area contributed by atoms with Crippen LogP contribution in [-0.2, 0) is 0 Å². The fourth-order valence-electron chi connectivity index (χ4n) is 1.25. The van der Waals surface area contributed by atoms with Gasteiger partial charge in [0.2, 0.25) is 0 Å². The lowest BCUT2D eigenvalue weighted by atomic mass is 10.2. The van der Waals surface area contributed by atoms with Crippen LogP contribution >= 0.6 is 23.5 Å². The molecule has 0 unspecified atom stereocenters. The first kappa shape index (κ1) is 18.0. The van der Waals surface area contributed by atoms with Gasteiger partial charge in [-0.25, -0.2) is 0 Å². The van der Waals surface area contributed by atoms with Crippen LogP contribution in [0.25, 0.3) is 0 Å². The minimum absolute atomic E-state index is 0.210. The highest BCUT2D eigenvalue weighted by Crippen LogP contribution is 2.20. The summed E-state index contributed by atoms with van der Waals surface area (Å²) in [6, 6.07) is 0. The zero-order valence-corrected chi connectivity index (χ0v) is 14.1. The molecule has 0 bridgehead atoms. The van der Waals surface area contributed by atoms with Crippen molar-refractivity contribution in [1.29, 1.82) is 0 Å². The van der Waals surface area contributed by atoms with Gasteiger partial charge in [-0.05, 0) is 51.9 Å². The third kappa shape index (κ3) is 9.95. The Morgan fingerprint density at radius 3 is 2.44 bits per heavy atom. The highest BCUT2D eigenvalue weighted by atomic mass is 32.2. The smallest absolute Gasteiger partial charge is 0.191 e. The summed E-state index contributed by atoms with van der Waals surface area (Å²) in [6.07, 6.45) is 6.77. The van der Waals surface area contributed by atoms with Crippen molar-refractivity contribution in [3.05, 3.63) is 0 Å². The van der Waals surface area contributed by atoms with Crippen molar-refractivity contribution in [2.45, 2.75) is 38.4 Å². The molecule has 0 aromatic carbocycles. The maximum atomic E-state index is 4.64. The Bertz CT molecular complexity index is 230. The fraction of sp³-hybridized carbons (Fsp3) is 0.923. The fourth-order valence-corrected chi connectivity index (χ4v) is 1.94. The zero-order valence-electron chi connectivity index (χ0n) is 12.5. The first-order chi connectivity index (χ1) is 8.55. The molecule has 0 saturated carbocycles. The van der Waals surface area contributed by atoms with Crippen LogP contribution in [0.15, 0.2) is 4.99 Å². The van der Waals surface area contributed by atoms with Gasteiger partial charge in [-0.15, -0.1) is 0 Å². The molecule has 108 valence electrons. The van der Waals surface area contributed by atoms with Crippen LogP contribution in [0.2, 0.25) is 0 Å². The maximum Gasteiger partial charge on any atom is 0.191 e. The van der Waals surface area contributed by atoms with Gasteiger partial charge in [0.15, 0.2) is 5.96 Å². The molecule has 0 heterocycles. The zero-order chi connectivity index (χ0) is 13.9. The molecule has 0 aromatic rings. The van der Waals surface area contributed by atoms with Crippen LogP contribution in [0, 0.1) is 0 Å². The summed E-state index contributed by atoms with van der Waals surface area (Å²) < 4.78 is 0.210. The molecule has 18 heavy (non-hydrogen) atoms. The molecule has 5 heteroatoms. The molecule has 0 spiro atoms. The molecule has 0 aliphatic carbocycles. The molecular weight excluding hydrogens is 262 g/mol. The molecule has 0 saturated heterocycles. The topological polar surface area (TPSA) is 36.4 Å². The SMILES string of the molecule is CCNC(=NCC(C)(C)SC)NCCCCSC. The third-order valence-corrected chi connectivity index (χ3v) is 4.51. The largest absolute Gasteiger partial charge is 0.357 e. The van der Waals surface area contributed by atoms with Crippen LogP contribution in [0.5, 0.6) is 0 Å². The number of thioether (sulfide) groups is 2. The molecule has 0 fully saturated rings. The van der Waals surface area contributed by atoms with Crippen LogP contribution in [0.3, 0.4) is 0 Å². The van der Waals surface area contributed by atoms with E-state index in [2.05, 4.69) is 48.9 Å². The normalized spacial score (nSPS) is 12.6. The maximum absolute atomic E-state index is 4.64. The van der Waals surface area contributed by atoms with Gasteiger partial charge in [0.05, 0.1) is 6.54 Å². The molecule has 0 aliphatic rings. The summed E-state index contributed by atoms with van der Waals surface area (Å²) in [5.41, 5.74) is 0. The van der Waals surface area contributed by atoms with Crippen LogP contribution in [-0.4, -0.2) is 48.6 Å². The minimum Gasteiger partial charge on any atom is -0.357 e. The van der Waals surface area contributed by atoms with E-state index in [0.717, 1.165) is 25.6 Å². The van der Waals surface area contributed by atoms with E-state index in [1.807, 2.05) is 23.5 Å². The number of aliphatic imine (C=N–C) groups is 1. The quantitative estimate of drug-likeness (QED) is 0.389. The lowest BCUT2D eigenvalue weighted by Crippen LogP contribution is -2.38. The van der Waals surface area contributed by atoms with Crippen molar-refractivity contribution in [1.82, 2.24) is 10.6 Å². The minimum atomic E-state index is 0.210. The standard InChI is InChI=1S/C13H29N3S2/c1-6-14-12(15-9-7-8-10-17-4)16-11-13(2,3)18-5/h6-11H2,1-5H3,(H2,14,15,16). The predicted octanol–water partition coefficient (Wildman–Crippen LogP) is 2.83. The van der Waals surface area contributed by atoms with Gasteiger partial charge in [0, 0.05) is 17.8 Å². The molecule has 3 nitrogen and oxygen atoms in total. The van der Waals surface area contributed by atoms with E-state index in [1.165, 1.54) is 18.6 Å². The Hall–Kier alpha value is -0.0300. The molecule has 0 radical (unpaired) electrons. The Balaban J connectivity index is 4.01. The van der Waals surface area contributed by atoms with Crippen molar-refractivity contribution in [3.8, 4) is 0 Å². The van der Waals surface area contributed by atoms with Gasteiger partial charge < -0.3 is 10.6 Å². The summed E-state index contributed by atoms with van der Waals surface area (Å²) >= 11 is 3.77. The summed E-state index contributed by atoms with van der Waals surface area (Å²) in [7, 11) is 0. The number of nitrogens with one attached hydrogen (secondary N) is 2. The number of rotatable bonds is 9. The van der Waals surface area contributed by atoms with Gasteiger partial charge in [0.25, 0.3) is 0 Å². The van der Waals surface area contributed by atoms with E-state index in [0.29, 0.717) is 0 Å². The summed E-state index contributed by atoms with van der Waals surface area (Å²) in [5.74, 6) is 2.19.